The van der Waals surface area contributed by atoms with Gasteiger partial charge in [-0.3, -0.25) is 4.79 Å². The number of hydrogen-bond acceptors (Lipinski definition) is 4. The van der Waals surface area contributed by atoms with E-state index in [4.69, 9.17) is 16.6 Å². The molecule has 0 unspecified atom stereocenters. The molecule has 0 spiro atoms. The Morgan fingerprint density at radius 1 is 1.45 bits per heavy atom. The first-order valence-electron chi connectivity index (χ1n) is 3.23. The van der Waals surface area contributed by atoms with Gasteiger partial charge in [-0.1, -0.05) is 6.92 Å². The standard InChI is InChI=1S/C6H12N2O3/c1-2-4(9)3-6(7,8)5(10)11/h2-3,7-8H2,1H3,(H,10,11). The van der Waals surface area contributed by atoms with E-state index in [-0.39, 0.29) is 18.6 Å². The van der Waals surface area contributed by atoms with Gasteiger partial charge in [0.25, 0.3) is 0 Å². The van der Waals surface area contributed by atoms with Crippen molar-refractivity contribution in [2.24, 2.45) is 11.5 Å². The average molecular weight is 160 g/mol. The third-order valence-electron chi connectivity index (χ3n) is 1.28. The van der Waals surface area contributed by atoms with Crippen LogP contribution in [0.25, 0.3) is 0 Å². The van der Waals surface area contributed by atoms with Gasteiger partial charge >= 0.3 is 5.97 Å². The zero-order valence-corrected chi connectivity index (χ0v) is 6.33. The first kappa shape index (κ1) is 10.1. The second-order valence-corrected chi connectivity index (χ2v) is 2.41. The molecule has 0 aromatic rings. The summed E-state index contributed by atoms with van der Waals surface area (Å²) in [6.07, 6.45) is -0.0672. The van der Waals surface area contributed by atoms with E-state index in [2.05, 4.69) is 0 Å². The molecule has 0 aliphatic carbocycles. The van der Waals surface area contributed by atoms with Crippen LogP contribution in [0.4, 0.5) is 0 Å². The second-order valence-electron chi connectivity index (χ2n) is 2.41. The van der Waals surface area contributed by atoms with Gasteiger partial charge in [-0.25, -0.2) is 4.79 Å². The molecule has 0 aliphatic heterocycles. The zero-order valence-electron chi connectivity index (χ0n) is 6.33. The zero-order chi connectivity index (χ0) is 9.07. The normalized spacial score (nSPS) is 11.2. The molecule has 64 valence electrons. The summed E-state index contributed by atoms with van der Waals surface area (Å²) in [7, 11) is 0. The Morgan fingerprint density at radius 2 is 1.91 bits per heavy atom. The summed E-state index contributed by atoms with van der Waals surface area (Å²) in [4.78, 5) is 21.0. The third kappa shape index (κ3) is 3.10. The monoisotopic (exact) mass is 160 g/mol. The van der Waals surface area contributed by atoms with Crippen LogP contribution in [-0.4, -0.2) is 22.5 Å². The molecule has 0 radical (unpaired) electrons. The van der Waals surface area contributed by atoms with Crippen molar-refractivity contribution in [2.75, 3.05) is 0 Å². The van der Waals surface area contributed by atoms with Gasteiger partial charge in [-0.2, -0.15) is 0 Å². The minimum Gasteiger partial charge on any atom is -0.479 e. The summed E-state index contributed by atoms with van der Waals surface area (Å²) in [5.41, 5.74) is 8.28. The lowest BCUT2D eigenvalue weighted by Crippen LogP contribution is -2.57. The molecule has 5 nitrogen and oxygen atoms in total. The first-order valence-corrected chi connectivity index (χ1v) is 3.23. The topological polar surface area (TPSA) is 106 Å². The molecular formula is C6H12N2O3. The van der Waals surface area contributed by atoms with Gasteiger partial charge in [0.05, 0.1) is 0 Å². The van der Waals surface area contributed by atoms with Crippen LogP contribution in [0.3, 0.4) is 0 Å². The summed E-state index contributed by atoms with van der Waals surface area (Å²) in [5, 5.41) is 8.38. The van der Waals surface area contributed by atoms with Crippen LogP contribution in [0.5, 0.6) is 0 Å². The molecule has 0 amide bonds. The number of aliphatic carboxylic acids is 1. The minimum atomic E-state index is -1.91. The van der Waals surface area contributed by atoms with Crippen molar-refractivity contribution in [3.05, 3.63) is 0 Å². The molecule has 0 rings (SSSR count). The highest BCUT2D eigenvalue weighted by molar-refractivity contribution is 5.87. The molecular weight excluding hydrogens is 148 g/mol. The van der Waals surface area contributed by atoms with Gasteiger partial charge in [0.2, 0.25) is 0 Å². The molecule has 0 aliphatic rings. The van der Waals surface area contributed by atoms with Gasteiger partial charge < -0.3 is 16.6 Å². The fourth-order valence-corrected chi connectivity index (χ4v) is 0.527. The lowest BCUT2D eigenvalue weighted by atomic mass is 10.0. The highest BCUT2D eigenvalue weighted by atomic mass is 16.4. The highest BCUT2D eigenvalue weighted by Gasteiger charge is 2.30. The third-order valence-corrected chi connectivity index (χ3v) is 1.28. The molecule has 0 fully saturated rings. The molecule has 0 saturated heterocycles. The van der Waals surface area contributed by atoms with E-state index in [1.807, 2.05) is 0 Å². The predicted octanol–water partition coefficient (Wildman–Crippen LogP) is -0.946. The quantitative estimate of drug-likeness (QED) is 0.460. The average Bonchev–Trinajstić information content (AvgIpc) is 1.86. The van der Waals surface area contributed by atoms with Crippen LogP contribution in [0.1, 0.15) is 19.8 Å². The van der Waals surface area contributed by atoms with Crippen molar-refractivity contribution in [3.8, 4) is 0 Å². The van der Waals surface area contributed by atoms with Gasteiger partial charge in [0.1, 0.15) is 5.78 Å². The van der Waals surface area contributed by atoms with E-state index in [1.165, 1.54) is 0 Å². The largest absolute Gasteiger partial charge is 0.479 e. The van der Waals surface area contributed by atoms with Crippen molar-refractivity contribution in [3.63, 3.8) is 0 Å². The van der Waals surface area contributed by atoms with Crippen molar-refractivity contribution in [2.45, 2.75) is 25.4 Å². The smallest absolute Gasteiger partial charge is 0.338 e. The highest BCUT2D eigenvalue weighted by Crippen LogP contribution is 2.01. The van der Waals surface area contributed by atoms with E-state index in [1.54, 1.807) is 6.92 Å². The molecule has 0 atom stereocenters. The molecule has 0 bridgehead atoms. The van der Waals surface area contributed by atoms with Crippen LogP contribution in [0.15, 0.2) is 0 Å². The van der Waals surface area contributed by atoms with Crippen molar-refractivity contribution < 1.29 is 14.7 Å². The SMILES string of the molecule is CCC(=O)CC(N)(N)C(=O)O. The van der Waals surface area contributed by atoms with Gasteiger partial charge in [0, 0.05) is 12.8 Å². The summed E-state index contributed by atoms with van der Waals surface area (Å²) in [6.45, 7) is 1.63. The fourth-order valence-electron chi connectivity index (χ4n) is 0.527. The summed E-state index contributed by atoms with van der Waals surface area (Å²) in [5.74, 6) is -1.61. The molecule has 0 aromatic heterocycles. The maximum atomic E-state index is 10.7. The lowest BCUT2D eigenvalue weighted by Gasteiger charge is -2.16. The van der Waals surface area contributed by atoms with E-state index >= 15 is 0 Å². The Labute approximate surface area is 64.4 Å². The van der Waals surface area contributed by atoms with Crippen molar-refractivity contribution in [1.82, 2.24) is 0 Å². The molecule has 0 heterocycles. The fraction of sp³-hybridized carbons (Fsp3) is 0.667. The van der Waals surface area contributed by atoms with E-state index in [0.717, 1.165) is 0 Å². The Balaban J connectivity index is 4.12. The number of carbonyl (C=O) groups excluding carboxylic acids is 1. The maximum absolute atomic E-state index is 10.7. The van der Waals surface area contributed by atoms with Gasteiger partial charge in [-0.05, 0) is 0 Å². The summed E-state index contributed by atoms with van der Waals surface area (Å²) >= 11 is 0. The number of Topliss-reactive ketones (excluding diaryl/α,β-unsaturated/α-hetero) is 1. The number of ketones is 1. The Morgan fingerprint density at radius 3 is 2.18 bits per heavy atom. The van der Waals surface area contributed by atoms with Crippen LogP contribution in [0.2, 0.25) is 0 Å². The summed E-state index contributed by atoms with van der Waals surface area (Å²) in [6, 6.07) is 0. The summed E-state index contributed by atoms with van der Waals surface area (Å²) < 4.78 is 0. The van der Waals surface area contributed by atoms with Gasteiger partial charge in [0.15, 0.2) is 5.66 Å². The number of nitrogens with two attached hydrogens (primary N) is 2. The first-order chi connectivity index (χ1) is 4.90. The van der Waals surface area contributed by atoms with Crippen LogP contribution in [0, 0.1) is 0 Å². The van der Waals surface area contributed by atoms with Crippen molar-refractivity contribution in [1.29, 1.82) is 0 Å². The molecule has 5 N–H and O–H groups in total. The van der Waals surface area contributed by atoms with Crippen LogP contribution >= 0.6 is 0 Å². The van der Waals surface area contributed by atoms with Crippen molar-refractivity contribution >= 4 is 11.8 Å². The van der Waals surface area contributed by atoms with Crippen LogP contribution < -0.4 is 11.5 Å². The molecule has 0 saturated carbocycles. The van der Waals surface area contributed by atoms with Gasteiger partial charge in [-0.15, -0.1) is 0 Å². The second kappa shape index (κ2) is 3.45. The Kier molecular flexibility index (Phi) is 3.16. The van der Waals surface area contributed by atoms with E-state index in [9.17, 15) is 9.59 Å². The predicted molar refractivity (Wildman–Crippen MR) is 38.7 cm³/mol. The van der Waals surface area contributed by atoms with E-state index in [0.29, 0.717) is 0 Å². The number of hydrogen-bond donors (Lipinski definition) is 3. The number of rotatable bonds is 4. The number of carboxylic acids is 1. The minimum absolute atomic E-state index is 0.252. The van der Waals surface area contributed by atoms with E-state index < -0.39 is 11.6 Å². The molecule has 11 heavy (non-hydrogen) atoms. The number of carbonyl (C=O) groups is 2. The lowest BCUT2D eigenvalue weighted by molar-refractivity contribution is -0.145. The number of carboxylic acid groups (broad SMARTS) is 1. The van der Waals surface area contributed by atoms with Crippen LogP contribution in [-0.2, 0) is 9.59 Å². The maximum Gasteiger partial charge on any atom is 0.338 e. The Bertz CT molecular complexity index is 177. The molecule has 5 heteroatoms. The Hall–Kier alpha value is -0.940. The molecule has 0 aromatic carbocycles.